The molecule has 0 spiro atoms. The predicted octanol–water partition coefficient (Wildman–Crippen LogP) is 5.71. The molecule has 0 fully saturated rings. The van der Waals surface area contributed by atoms with E-state index in [1.807, 2.05) is 0 Å². The molecule has 0 aliphatic carbocycles. The van der Waals surface area contributed by atoms with E-state index in [2.05, 4.69) is 59.7 Å². The van der Waals surface area contributed by atoms with Crippen LogP contribution >= 0.6 is 11.6 Å². The summed E-state index contributed by atoms with van der Waals surface area (Å²) >= 11 is 6.66. The lowest BCUT2D eigenvalue weighted by Crippen LogP contribution is -2.19. The molecular formula is C18H27ClO. The Labute approximate surface area is 128 Å². The van der Waals surface area contributed by atoms with E-state index in [0.717, 1.165) is 18.8 Å². The maximum absolute atomic E-state index is 6.66. The van der Waals surface area contributed by atoms with Gasteiger partial charge in [-0.3, -0.25) is 0 Å². The third-order valence-corrected chi connectivity index (χ3v) is 5.15. The summed E-state index contributed by atoms with van der Waals surface area (Å²) in [5, 5.41) is 0.0749. The Morgan fingerprint density at radius 2 is 1.95 bits per heavy atom. The maximum atomic E-state index is 6.66. The summed E-state index contributed by atoms with van der Waals surface area (Å²) in [6.07, 6.45) is 1.01. The van der Waals surface area contributed by atoms with Crippen molar-refractivity contribution in [1.82, 2.24) is 0 Å². The second kappa shape index (κ2) is 5.26. The highest BCUT2D eigenvalue weighted by atomic mass is 35.5. The zero-order valence-electron chi connectivity index (χ0n) is 13.6. The van der Waals surface area contributed by atoms with E-state index < -0.39 is 0 Å². The number of hydrogen-bond acceptors (Lipinski definition) is 1. The quantitative estimate of drug-likeness (QED) is 0.649. The van der Waals surface area contributed by atoms with Crippen molar-refractivity contribution >= 4 is 11.6 Å². The second-order valence-corrected chi connectivity index (χ2v) is 8.43. The molecule has 1 aromatic carbocycles. The van der Waals surface area contributed by atoms with Gasteiger partial charge in [0.15, 0.2) is 0 Å². The second-order valence-electron chi connectivity index (χ2n) is 7.90. The highest BCUT2D eigenvalue weighted by Gasteiger charge is 2.32. The molecule has 2 heteroatoms. The highest BCUT2D eigenvalue weighted by molar-refractivity contribution is 6.20. The Morgan fingerprint density at radius 1 is 1.30 bits per heavy atom. The van der Waals surface area contributed by atoms with E-state index in [-0.39, 0.29) is 10.8 Å². The molecule has 0 saturated heterocycles. The van der Waals surface area contributed by atoms with Crippen LogP contribution in [0.2, 0.25) is 0 Å². The van der Waals surface area contributed by atoms with Crippen molar-refractivity contribution in [3.8, 4) is 5.75 Å². The summed E-state index contributed by atoms with van der Waals surface area (Å²) in [4.78, 5) is 0. The van der Waals surface area contributed by atoms with Gasteiger partial charge in [-0.2, -0.15) is 0 Å². The summed E-state index contributed by atoms with van der Waals surface area (Å²) < 4.78 is 5.74. The topological polar surface area (TPSA) is 9.23 Å². The highest BCUT2D eigenvalue weighted by Crippen LogP contribution is 2.42. The van der Waals surface area contributed by atoms with Crippen molar-refractivity contribution in [3.05, 3.63) is 29.3 Å². The van der Waals surface area contributed by atoms with Gasteiger partial charge in [0.2, 0.25) is 0 Å². The standard InChI is InChI=1S/C18H27ClO/c1-12(17(2,3)4)9-15(19)13-7-8-16-14(10-13)18(5,6)11-20-16/h7-8,10,12,15H,9,11H2,1-6H3. The van der Waals surface area contributed by atoms with Gasteiger partial charge < -0.3 is 4.74 Å². The Kier molecular flexibility index (Phi) is 4.12. The molecule has 0 N–H and O–H groups in total. The first-order valence-electron chi connectivity index (χ1n) is 7.52. The number of ether oxygens (including phenoxy) is 1. The smallest absolute Gasteiger partial charge is 0.123 e. The molecular weight excluding hydrogens is 268 g/mol. The first-order chi connectivity index (χ1) is 9.11. The average molecular weight is 295 g/mol. The molecule has 112 valence electrons. The predicted molar refractivity (Wildman–Crippen MR) is 86.8 cm³/mol. The van der Waals surface area contributed by atoms with Crippen molar-refractivity contribution in [2.75, 3.05) is 6.61 Å². The molecule has 2 unspecified atom stereocenters. The Balaban J connectivity index is 2.18. The lowest BCUT2D eigenvalue weighted by Gasteiger charge is -2.29. The first kappa shape index (κ1) is 15.7. The molecule has 1 aliphatic rings. The van der Waals surface area contributed by atoms with Crippen molar-refractivity contribution < 1.29 is 4.74 Å². The van der Waals surface area contributed by atoms with Gasteiger partial charge in [0.25, 0.3) is 0 Å². The minimum atomic E-state index is 0.0749. The van der Waals surface area contributed by atoms with E-state index in [0.29, 0.717) is 11.3 Å². The minimum Gasteiger partial charge on any atom is -0.492 e. The summed E-state index contributed by atoms with van der Waals surface area (Å²) in [5.41, 5.74) is 2.91. The molecule has 1 aliphatic heterocycles. The number of halogens is 1. The Morgan fingerprint density at radius 3 is 2.55 bits per heavy atom. The zero-order valence-corrected chi connectivity index (χ0v) is 14.3. The molecule has 0 bridgehead atoms. The number of benzene rings is 1. The molecule has 20 heavy (non-hydrogen) atoms. The van der Waals surface area contributed by atoms with Gasteiger partial charge in [-0.1, -0.05) is 47.6 Å². The van der Waals surface area contributed by atoms with Crippen LogP contribution in [0.15, 0.2) is 18.2 Å². The van der Waals surface area contributed by atoms with E-state index in [1.54, 1.807) is 0 Å². The van der Waals surface area contributed by atoms with Crippen molar-refractivity contribution in [2.24, 2.45) is 11.3 Å². The monoisotopic (exact) mass is 294 g/mol. The largest absolute Gasteiger partial charge is 0.492 e. The molecule has 0 aromatic heterocycles. The molecule has 0 radical (unpaired) electrons. The zero-order chi connectivity index (χ0) is 15.1. The molecule has 1 heterocycles. The molecule has 0 saturated carbocycles. The van der Waals surface area contributed by atoms with Gasteiger partial charge in [-0.15, -0.1) is 11.6 Å². The summed E-state index contributed by atoms with van der Waals surface area (Å²) in [6, 6.07) is 6.44. The van der Waals surface area contributed by atoms with Crippen LogP contribution < -0.4 is 4.74 Å². The fourth-order valence-electron chi connectivity index (χ4n) is 2.53. The normalized spacial score (nSPS) is 20.1. The van der Waals surface area contributed by atoms with E-state index in [9.17, 15) is 0 Å². The van der Waals surface area contributed by atoms with Crippen LogP contribution in [0.25, 0.3) is 0 Å². The third-order valence-electron chi connectivity index (χ3n) is 4.72. The van der Waals surface area contributed by atoms with Gasteiger partial charge in [-0.05, 0) is 35.4 Å². The van der Waals surface area contributed by atoms with Gasteiger partial charge >= 0.3 is 0 Å². The van der Waals surface area contributed by atoms with Crippen molar-refractivity contribution in [1.29, 1.82) is 0 Å². The summed E-state index contributed by atoms with van der Waals surface area (Å²) in [7, 11) is 0. The van der Waals surface area contributed by atoms with Crippen molar-refractivity contribution in [3.63, 3.8) is 0 Å². The van der Waals surface area contributed by atoms with Crippen LogP contribution in [0, 0.1) is 11.3 Å². The van der Waals surface area contributed by atoms with Gasteiger partial charge in [0.05, 0.1) is 12.0 Å². The van der Waals surface area contributed by atoms with Crippen LogP contribution in [-0.4, -0.2) is 6.61 Å². The van der Waals surface area contributed by atoms with Gasteiger partial charge in [-0.25, -0.2) is 0 Å². The summed E-state index contributed by atoms with van der Waals surface area (Å²) in [5.74, 6) is 1.61. The van der Waals surface area contributed by atoms with Crippen LogP contribution in [0.1, 0.15) is 64.5 Å². The number of hydrogen-bond donors (Lipinski definition) is 0. The number of fused-ring (bicyclic) bond motifs is 1. The molecule has 1 aromatic rings. The van der Waals surface area contributed by atoms with Crippen LogP contribution in [0.3, 0.4) is 0 Å². The number of rotatable bonds is 3. The molecule has 0 amide bonds. The molecule has 1 nitrogen and oxygen atoms in total. The Hall–Kier alpha value is -0.690. The number of alkyl halides is 1. The molecule has 2 rings (SSSR count). The van der Waals surface area contributed by atoms with Crippen LogP contribution in [-0.2, 0) is 5.41 Å². The van der Waals surface area contributed by atoms with E-state index in [4.69, 9.17) is 16.3 Å². The van der Waals surface area contributed by atoms with Crippen molar-refractivity contribution in [2.45, 2.75) is 58.8 Å². The fourth-order valence-corrected chi connectivity index (χ4v) is 2.94. The molecule has 2 atom stereocenters. The average Bonchev–Trinajstić information content (AvgIpc) is 2.64. The van der Waals surface area contributed by atoms with Crippen LogP contribution in [0.4, 0.5) is 0 Å². The third kappa shape index (κ3) is 3.14. The lowest BCUT2D eigenvalue weighted by atomic mass is 9.78. The summed E-state index contributed by atoms with van der Waals surface area (Å²) in [6.45, 7) is 14.3. The Bertz CT molecular complexity index is 485. The SMILES string of the molecule is CC(CC(Cl)c1ccc2c(c1)C(C)(C)CO2)C(C)(C)C. The lowest BCUT2D eigenvalue weighted by molar-refractivity contribution is 0.245. The van der Waals surface area contributed by atoms with Gasteiger partial charge in [0.1, 0.15) is 5.75 Å². The minimum absolute atomic E-state index is 0.0749. The van der Waals surface area contributed by atoms with Crippen LogP contribution in [0.5, 0.6) is 5.75 Å². The van der Waals surface area contributed by atoms with E-state index in [1.165, 1.54) is 11.1 Å². The van der Waals surface area contributed by atoms with Gasteiger partial charge in [0, 0.05) is 11.0 Å². The van der Waals surface area contributed by atoms with E-state index >= 15 is 0 Å². The first-order valence-corrected chi connectivity index (χ1v) is 7.96. The maximum Gasteiger partial charge on any atom is 0.123 e. The fraction of sp³-hybridized carbons (Fsp3) is 0.667.